The van der Waals surface area contributed by atoms with E-state index in [0.717, 1.165) is 12.8 Å². The number of nitrogens with one attached hydrogen (secondary N) is 4. The van der Waals surface area contributed by atoms with Crippen LogP contribution in [0.2, 0.25) is 0 Å². The highest BCUT2D eigenvalue weighted by Crippen LogP contribution is 2.42. The van der Waals surface area contributed by atoms with Gasteiger partial charge in [-0.2, -0.15) is 9.65 Å². The molecule has 1 aliphatic heterocycles. The van der Waals surface area contributed by atoms with Crippen molar-refractivity contribution < 1.29 is 8.78 Å². The van der Waals surface area contributed by atoms with Crippen molar-refractivity contribution in [3.63, 3.8) is 0 Å². The molecule has 2 aliphatic rings. The van der Waals surface area contributed by atoms with E-state index in [0.29, 0.717) is 45.8 Å². The normalized spacial score (nSPS) is 16.6. The topological polar surface area (TPSA) is 101 Å². The number of terminal acetylenes is 1. The Kier molecular flexibility index (Phi) is 6.53. The number of hydrogen-bond acceptors (Lipinski definition) is 8. The first-order chi connectivity index (χ1) is 18.5. The van der Waals surface area contributed by atoms with E-state index in [2.05, 4.69) is 64.3 Å². The molecule has 0 spiro atoms. The van der Waals surface area contributed by atoms with Gasteiger partial charge >= 0.3 is 0 Å². The van der Waals surface area contributed by atoms with E-state index in [1.807, 2.05) is 6.20 Å². The summed E-state index contributed by atoms with van der Waals surface area (Å²) in [6, 6.07) is 7.87. The lowest BCUT2D eigenvalue weighted by atomic mass is 9.96. The van der Waals surface area contributed by atoms with Gasteiger partial charge in [0.2, 0.25) is 5.95 Å². The maximum absolute atomic E-state index is 15.4. The zero-order valence-corrected chi connectivity index (χ0v) is 22.3. The summed E-state index contributed by atoms with van der Waals surface area (Å²) in [7, 11) is 0. The molecule has 4 N–H and O–H groups in total. The number of rotatable bonds is 7. The summed E-state index contributed by atoms with van der Waals surface area (Å²) >= 11 is 0. The minimum absolute atomic E-state index is 0.0457. The van der Waals surface area contributed by atoms with E-state index in [1.54, 1.807) is 24.1 Å². The van der Waals surface area contributed by atoms with Crippen LogP contribution in [0.1, 0.15) is 56.5 Å². The molecule has 3 heterocycles. The van der Waals surface area contributed by atoms with Crippen LogP contribution >= 0.6 is 0 Å². The molecule has 0 bridgehead atoms. The van der Waals surface area contributed by atoms with Crippen molar-refractivity contribution in [1.29, 1.82) is 5.26 Å². The summed E-state index contributed by atoms with van der Waals surface area (Å²) < 4.78 is 29.3. The van der Waals surface area contributed by atoms with Crippen molar-refractivity contribution in [2.75, 3.05) is 17.2 Å². The molecule has 0 amide bonds. The zero-order chi connectivity index (χ0) is 27.9. The van der Waals surface area contributed by atoms with Crippen LogP contribution in [0.15, 0.2) is 42.4 Å². The maximum atomic E-state index is 15.4. The Morgan fingerprint density at radius 1 is 1.26 bits per heavy atom. The van der Waals surface area contributed by atoms with Crippen LogP contribution in [0, 0.1) is 47.8 Å². The smallest absolute Gasteiger partial charge is 0.213 e. The van der Waals surface area contributed by atoms with E-state index in [9.17, 15) is 9.65 Å². The van der Waals surface area contributed by atoms with E-state index in [1.165, 1.54) is 18.3 Å². The molecule has 1 aliphatic carbocycles. The summed E-state index contributed by atoms with van der Waals surface area (Å²) in [6.07, 6.45) is 10.5. The molecule has 3 aromatic rings. The Morgan fingerprint density at radius 3 is 2.67 bits per heavy atom. The van der Waals surface area contributed by atoms with Gasteiger partial charge in [-0.25, -0.2) is 9.37 Å². The van der Waals surface area contributed by atoms with Crippen LogP contribution in [0.3, 0.4) is 0 Å². The minimum atomic E-state index is -0.616. The summed E-state index contributed by atoms with van der Waals surface area (Å²) in [5.74, 6) is 1.54. The average molecular weight is 529 g/mol. The molecular formula is C29H30F2N8. The molecule has 10 heteroatoms. The number of aryl methyl sites for hydroxylation is 1. The second-order valence-corrected chi connectivity index (χ2v) is 11.2. The van der Waals surface area contributed by atoms with Gasteiger partial charge in [-0.15, -0.1) is 12.0 Å². The predicted molar refractivity (Wildman–Crippen MR) is 147 cm³/mol. The van der Waals surface area contributed by atoms with Crippen LogP contribution in [-0.2, 0) is 0 Å². The molecule has 0 saturated heterocycles. The molecule has 1 saturated carbocycles. The third-order valence-electron chi connectivity index (χ3n) is 6.88. The van der Waals surface area contributed by atoms with Gasteiger partial charge in [0.1, 0.15) is 11.1 Å². The Balaban J connectivity index is 1.58. The maximum Gasteiger partial charge on any atom is 0.213 e. The van der Waals surface area contributed by atoms with Crippen molar-refractivity contribution in [2.24, 2.45) is 5.41 Å². The molecule has 39 heavy (non-hydrogen) atoms. The summed E-state index contributed by atoms with van der Waals surface area (Å²) in [4.78, 5) is 8.27. The van der Waals surface area contributed by atoms with Crippen LogP contribution in [0.4, 0.5) is 20.2 Å². The molecule has 2 aromatic heterocycles. The molecular weight excluding hydrogens is 498 g/mol. The number of aromatic nitrogens is 2. The second-order valence-electron chi connectivity index (χ2n) is 11.2. The van der Waals surface area contributed by atoms with Crippen molar-refractivity contribution in [3.05, 3.63) is 70.9 Å². The van der Waals surface area contributed by atoms with Crippen LogP contribution in [0.25, 0.3) is 10.9 Å². The van der Waals surface area contributed by atoms with Crippen molar-refractivity contribution in [1.82, 2.24) is 25.9 Å². The quantitative estimate of drug-likeness (QED) is 0.250. The fourth-order valence-electron chi connectivity index (χ4n) is 4.56. The molecule has 0 radical (unpaired) electrons. The summed E-state index contributed by atoms with van der Waals surface area (Å²) in [5.41, 5.74) is 9.14. The first-order valence-corrected chi connectivity index (χ1v) is 12.7. The standard InChI is InChI=1S/C29H30F2N8/c1-6-18-13-33-26-21(25(18)34-16-28(3,4)5)11-19(12-22(26)30)36-27(20-7-8-24(31)35-17(20)2)23-14-39(38-37-23)29(15-32)9-10-29/h1,7-8,11-14,27,36-38H,9-10,16H2,2-5H3,(H,33,34)/t27-/m0/s1. The van der Waals surface area contributed by atoms with Crippen molar-refractivity contribution in [2.45, 2.75) is 52.1 Å². The number of pyridine rings is 2. The van der Waals surface area contributed by atoms with Gasteiger partial charge < -0.3 is 16.1 Å². The lowest BCUT2D eigenvalue weighted by Crippen LogP contribution is -2.44. The lowest BCUT2D eigenvalue weighted by Gasteiger charge is -2.24. The van der Waals surface area contributed by atoms with Gasteiger partial charge in [0.25, 0.3) is 0 Å². The summed E-state index contributed by atoms with van der Waals surface area (Å²) in [6.45, 7) is 8.60. The average Bonchev–Trinajstić information content (AvgIpc) is 3.53. The second kappa shape index (κ2) is 9.72. The molecule has 1 fully saturated rings. The lowest BCUT2D eigenvalue weighted by molar-refractivity contribution is 0.217. The molecule has 8 nitrogen and oxygen atoms in total. The van der Waals surface area contributed by atoms with Crippen LogP contribution in [-0.4, -0.2) is 27.1 Å². The SMILES string of the molecule is C#Cc1cnc2c(F)cc(N[C@H](C3=CN(C4(C#N)CC4)NN3)c3ccc(F)nc3C)cc2c1NCC(C)(C)C. The first kappa shape index (κ1) is 26.2. The van der Waals surface area contributed by atoms with Crippen LogP contribution in [0.5, 0.6) is 0 Å². The molecule has 5 rings (SSSR count). The Hall–Kier alpha value is -4.41. The third-order valence-corrected chi connectivity index (χ3v) is 6.88. The highest BCUT2D eigenvalue weighted by atomic mass is 19.1. The number of anilines is 2. The Morgan fingerprint density at radius 2 is 2.03 bits per heavy atom. The van der Waals surface area contributed by atoms with Crippen molar-refractivity contribution >= 4 is 22.3 Å². The van der Waals surface area contributed by atoms with Crippen LogP contribution < -0.4 is 21.6 Å². The van der Waals surface area contributed by atoms with Gasteiger partial charge in [0, 0.05) is 41.3 Å². The highest BCUT2D eigenvalue weighted by molar-refractivity contribution is 5.96. The largest absolute Gasteiger partial charge is 0.383 e. The minimum Gasteiger partial charge on any atom is -0.383 e. The highest BCUT2D eigenvalue weighted by Gasteiger charge is 2.50. The number of fused-ring (bicyclic) bond motifs is 1. The number of halogens is 2. The fourth-order valence-corrected chi connectivity index (χ4v) is 4.56. The molecule has 200 valence electrons. The number of benzene rings is 1. The van der Waals surface area contributed by atoms with E-state index >= 15 is 4.39 Å². The van der Waals surface area contributed by atoms with E-state index in [4.69, 9.17) is 6.42 Å². The van der Waals surface area contributed by atoms with Crippen molar-refractivity contribution in [3.8, 4) is 18.4 Å². The predicted octanol–water partition coefficient (Wildman–Crippen LogP) is 5.03. The fraction of sp³-hybridized carbons (Fsp3) is 0.345. The van der Waals surface area contributed by atoms with Gasteiger partial charge in [-0.05, 0) is 43.4 Å². The first-order valence-electron chi connectivity index (χ1n) is 12.7. The summed E-state index contributed by atoms with van der Waals surface area (Å²) in [5, 5.41) is 18.7. The van der Waals surface area contributed by atoms with Gasteiger partial charge in [0.15, 0.2) is 5.82 Å². The molecule has 0 unspecified atom stereocenters. The van der Waals surface area contributed by atoms with Gasteiger partial charge in [0.05, 0.1) is 29.1 Å². The number of nitriles is 1. The van der Waals surface area contributed by atoms with E-state index < -0.39 is 23.3 Å². The third kappa shape index (κ3) is 5.16. The van der Waals surface area contributed by atoms with Gasteiger partial charge in [-0.1, -0.05) is 32.8 Å². The number of hydrazine groups is 2. The number of hydrogen-bond donors (Lipinski definition) is 4. The molecule has 1 atom stereocenters. The monoisotopic (exact) mass is 528 g/mol. The Bertz CT molecular complexity index is 1560. The van der Waals surface area contributed by atoms with E-state index in [-0.39, 0.29) is 10.9 Å². The zero-order valence-electron chi connectivity index (χ0n) is 22.3. The van der Waals surface area contributed by atoms with Gasteiger partial charge in [-0.3, -0.25) is 9.99 Å². The Labute approximate surface area is 226 Å². The molecule has 1 aromatic carbocycles. The number of nitrogens with zero attached hydrogens (tertiary/aromatic N) is 4.